The summed E-state index contributed by atoms with van der Waals surface area (Å²) in [5.74, 6) is 5.84. The lowest BCUT2D eigenvalue weighted by Gasteiger charge is -2.08. The van der Waals surface area contributed by atoms with Crippen LogP contribution < -0.4 is 5.73 Å². The molecule has 14 heavy (non-hydrogen) atoms. The number of nitrogens with two attached hydrogens (primary N) is 1. The predicted molar refractivity (Wildman–Crippen MR) is 61.5 cm³/mol. The van der Waals surface area contributed by atoms with E-state index >= 15 is 0 Å². The van der Waals surface area contributed by atoms with Crippen molar-refractivity contribution in [3.63, 3.8) is 0 Å². The summed E-state index contributed by atoms with van der Waals surface area (Å²) in [6.07, 6.45) is 3.45. The van der Waals surface area contributed by atoms with E-state index in [-0.39, 0.29) is 6.04 Å². The topological polar surface area (TPSA) is 38.9 Å². The molecule has 3 heteroatoms. The minimum atomic E-state index is -0.0102. The second-order valence-corrected chi connectivity index (χ2v) is 3.89. The number of pyridine rings is 1. The number of halogens is 1. The molecule has 0 aliphatic rings. The van der Waals surface area contributed by atoms with E-state index in [0.717, 1.165) is 23.0 Å². The van der Waals surface area contributed by atoms with Crippen molar-refractivity contribution in [2.45, 2.75) is 25.8 Å². The average Bonchev–Trinajstić information content (AvgIpc) is 2.19. The van der Waals surface area contributed by atoms with Crippen molar-refractivity contribution in [2.24, 2.45) is 5.73 Å². The average molecular weight is 253 g/mol. The molecule has 0 saturated heterocycles. The molecule has 1 atom stereocenters. The van der Waals surface area contributed by atoms with Gasteiger partial charge in [-0.1, -0.05) is 0 Å². The fourth-order valence-corrected chi connectivity index (χ4v) is 1.34. The van der Waals surface area contributed by atoms with E-state index in [1.807, 2.05) is 19.1 Å². The first-order valence-corrected chi connectivity index (χ1v) is 5.30. The SMILES string of the molecule is CC#CCCC(N)c1ccc(Br)cn1. The molecule has 1 unspecified atom stereocenters. The normalized spacial score (nSPS) is 11.6. The van der Waals surface area contributed by atoms with Crippen LogP contribution in [-0.2, 0) is 0 Å². The first-order valence-electron chi connectivity index (χ1n) is 4.50. The molecule has 1 aromatic heterocycles. The third kappa shape index (κ3) is 3.49. The lowest BCUT2D eigenvalue weighted by Crippen LogP contribution is -2.11. The quantitative estimate of drug-likeness (QED) is 0.841. The second-order valence-electron chi connectivity index (χ2n) is 2.97. The molecule has 0 fully saturated rings. The summed E-state index contributed by atoms with van der Waals surface area (Å²) in [6, 6.07) is 3.88. The van der Waals surface area contributed by atoms with Gasteiger partial charge >= 0.3 is 0 Å². The van der Waals surface area contributed by atoms with Crippen molar-refractivity contribution in [2.75, 3.05) is 0 Å². The molecule has 2 N–H and O–H groups in total. The van der Waals surface area contributed by atoms with Crippen LogP contribution in [0.1, 0.15) is 31.5 Å². The Hall–Kier alpha value is -0.850. The summed E-state index contributed by atoms with van der Waals surface area (Å²) in [4.78, 5) is 4.24. The van der Waals surface area contributed by atoms with Gasteiger partial charge in [0.15, 0.2) is 0 Å². The lowest BCUT2D eigenvalue weighted by molar-refractivity contribution is 0.647. The molecule has 0 spiro atoms. The van der Waals surface area contributed by atoms with E-state index in [4.69, 9.17) is 5.73 Å². The van der Waals surface area contributed by atoms with Crippen LogP contribution in [0.15, 0.2) is 22.8 Å². The molecule has 2 nitrogen and oxygen atoms in total. The minimum Gasteiger partial charge on any atom is -0.323 e. The van der Waals surface area contributed by atoms with Crippen LogP contribution in [0.25, 0.3) is 0 Å². The number of aromatic nitrogens is 1. The Morgan fingerprint density at radius 1 is 1.57 bits per heavy atom. The van der Waals surface area contributed by atoms with E-state index in [1.54, 1.807) is 6.20 Å². The molecule has 0 aliphatic heterocycles. The van der Waals surface area contributed by atoms with Gasteiger partial charge in [-0.15, -0.1) is 11.8 Å². The summed E-state index contributed by atoms with van der Waals surface area (Å²) in [7, 11) is 0. The van der Waals surface area contributed by atoms with Crippen LogP contribution in [0.3, 0.4) is 0 Å². The molecule has 0 bridgehead atoms. The van der Waals surface area contributed by atoms with Gasteiger partial charge in [0, 0.05) is 23.1 Å². The molecule has 1 rings (SSSR count). The van der Waals surface area contributed by atoms with Crippen molar-refractivity contribution < 1.29 is 0 Å². The summed E-state index contributed by atoms with van der Waals surface area (Å²) in [5, 5.41) is 0. The fraction of sp³-hybridized carbons (Fsp3) is 0.364. The Balaban J connectivity index is 2.54. The Bertz CT molecular complexity index is 335. The highest BCUT2D eigenvalue weighted by atomic mass is 79.9. The molecule has 0 radical (unpaired) electrons. The van der Waals surface area contributed by atoms with Gasteiger partial charge in [0.2, 0.25) is 0 Å². The summed E-state index contributed by atoms with van der Waals surface area (Å²) in [5.41, 5.74) is 6.86. The summed E-state index contributed by atoms with van der Waals surface area (Å²) < 4.78 is 0.974. The maximum atomic E-state index is 5.94. The van der Waals surface area contributed by atoms with Gasteiger partial charge in [-0.3, -0.25) is 4.98 Å². The van der Waals surface area contributed by atoms with E-state index in [1.165, 1.54) is 0 Å². The zero-order chi connectivity index (χ0) is 10.4. The molecule has 74 valence electrons. The molecule has 0 amide bonds. The van der Waals surface area contributed by atoms with Crippen LogP contribution in [-0.4, -0.2) is 4.98 Å². The zero-order valence-electron chi connectivity index (χ0n) is 8.13. The van der Waals surface area contributed by atoms with E-state index in [9.17, 15) is 0 Å². The Morgan fingerprint density at radius 3 is 2.93 bits per heavy atom. The molecular formula is C11H13BrN2. The predicted octanol–water partition coefficient (Wildman–Crippen LogP) is 2.65. The van der Waals surface area contributed by atoms with E-state index in [2.05, 4.69) is 32.8 Å². The second kappa shape index (κ2) is 5.79. The van der Waals surface area contributed by atoms with Gasteiger partial charge in [-0.25, -0.2) is 0 Å². The maximum absolute atomic E-state index is 5.94. The third-order valence-electron chi connectivity index (χ3n) is 1.89. The molecule has 0 saturated carbocycles. The Labute approximate surface area is 93.0 Å². The maximum Gasteiger partial charge on any atom is 0.0572 e. The van der Waals surface area contributed by atoms with Gasteiger partial charge in [0.1, 0.15) is 0 Å². The highest BCUT2D eigenvalue weighted by molar-refractivity contribution is 9.10. The smallest absolute Gasteiger partial charge is 0.0572 e. The van der Waals surface area contributed by atoms with Crippen LogP contribution in [0.2, 0.25) is 0 Å². The first-order chi connectivity index (χ1) is 6.74. The highest BCUT2D eigenvalue weighted by Gasteiger charge is 2.05. The summed E-state index contributed by atoms with van der Waals surface area (Å²) >= 11 is 3.33. The number of nitrogens with zero attached hydrogens (tertiary/aromatic N) is 1. The van der Waals surface area contributed by atoms with Crippen molar-refractivity contribution >= 4 is 15.9 Å². The largest absolute Gasteiger partial charge is 0.323 e. The van der Waals surface area contributed by atoms with Crippen molar-refractivity contribution in [3.8, 4) is 11.8 Å². The number of hydrogen-bond donors (Lipinski definition) is 1. The van der Waals surface area contributed by atoms with Crippen molar-refractivity contribution in [1.29, 1.82) is 0 Å². The van der Waals surface area contributed by atoms with E-state index in [0.29, 0.717) is 0 Å². The third-order valence-corrected chi connectivity index (χ3v) is 2.36. The molecule has 1 aromatic rings. The fourth-order valence-electron chi connectivity index (χ4n) is 1.11. The number of rotatable bonds is 3. The van der Waals surface area contributed by atoms with E-state index < -0.39 is 0 Å². The van der Waals surface area contributed by atoms with Crippen LogP contribution in [0, 0.1) is 11.8 Å². The standard InChI is InChI=1S/C11H13BrN2/c1-2-3-4-5-10(13)11-7-6-9(12)8-14-11/h6-8,10H,4-5,13H2,1H3. The monoisotopic (exact) mass is 252 g/mol. The highest BCUT2D eigenvalue weighted by Crippen LogP contribution is 2.15. The minimum absolute atomic E-state index is 0.0102. The van der Waals surface area contributed by atoms with Gasteiger partial charge in [0.25, 0.3) is 0 Å². The van der Waals surface area contributed by atoms with Gasteiger partial charge < -0.3 is 5.73 Å². The van der Waals surface area contributed by atoms with Gasteiger partial charge in [-0.2, -0.15) is 0 Å². The van der Waals surface area contributed by atoms with Crippen molar-refractivity contribution in [1.82, 2.24) is 4.98 Å². The van der Waals surface area contributed by atoms with Gasteiger partial charge in [0.05, 0.1) is 5.69 Å². The lowest BCUT2D eigenvalue weighted by atomic mass is 10.1. The van der Waals surface area contributed by atoms with Crippen LogP contribution in [0.5, 0.6) is 0 Å². The molecule has 0 aromatic carbocycles. The van der Waals surface area contributed by atoms with Crippen LogP contribution >= 0.6 is 15.9 Å². The van der Waals surface area contributed by atoms with Crippen molar-refractivity contribution in [3.05, 3.63) is 28.5 Å². The zero-order valence-corrected chi connectivity index (χ0v) is 9.71. The molecule has 1 heterocycles. The Kier molecular flexibility index (Phi) is 4.64. The first kappa shape index (κ1) is 11.2. The molecule has 0 aliphatic carbocycles. The van der Waals surface area contributed by atoms with Crippen LogP contribution in [0.4, 0.5) is 0 Å². The van der Waals surface area contributed by atoms with Gasteiger partial charge in [-0.05, 0) is 41.4 Å². The molecular weight excluding hydrogens is 240 g/mol. The summed E-state index contributed by atoms with van der Waals surface area (Å²) in [6.45, 7) is 1.84. The number of hydrogen-bond acceptors (Lipinski definition) is 2. The Morgan fingerprint density at radius 2 is 2.36 bits per heavy atom.